The largest absolute Gasteiger partial charge is 0.492 e. The second-order valence-corrected chi connectivity index (χ2v) is 6.99. The van der Waals surface area contributed by atoms with E-state index in [9.17, 15) is 4.79 Å². The van der Waals surface area contributed by atoms with Crippen molar-refractivity contribution in [1.82, 2.24) is 9.80 Å². The van der Waals surface area contributed by atoms with Crippen LogP contribution in [0.25, 0.3) is 11.1 Å². The van der Waals surface area contributed by atoms with Gasteiger partial charge in [0.15, 0.2) is 5.78 Å². The molecule has 0 saturated heterocycles. The van der Waals surface area contributed by atoms with E-state index in [1.807, 2.05) is 64.6 Å². The molecule has 5 nitrogen and oxygen atoms in total. The molecule has 0 atom stereocenters. The van der Waals surface area contributed by atoms with Crippen LogP contribution in [0.4, 0.5) is 0 Å². The molecule has 1 aliphatic carbocycles. The summed E-state index contributed by atoms with van der Waals surface area (Å²) in [6, 6.07) is 11.4. The maximum absolute atomic E-state index is 13.0. The number of hydrogen-bond acceptors (Lipinski definition) is 5. The summed E-state index contributed by atoms with van der Waals surface area (Å²) in [6.45, 7) is 2.73. The fourth-order valence-electron chi connectivity index (χ4n) is 3.02. The molecular formula is C21H26N2O3. The Morgan fingerprint density at radius 1 is 0.731 bits per heavy atom. The van der Waals surface area contributed by atoms with Crippen LogP contribution in [0, 0.1) is 0 Å². The van der Waals surface area contributed by atoms with E-state index in [4.69, 9.17) is 9.47 Å². The predicted molar refractivity (Wildman–Crippen MR) is 103 cm³/mol. The molecule has 0 heterocycles. The zero-order chi connectivity index (χ0) is 18.7. The van der Waals surface area contributed by atoms with E-state index >= 15 is 0 Å². The van der Waals surface area contributed by atoms with Gasteiger partial charge >= 0.3 is 0 Å². The molecule has 2 aromatic rings. The van der Waals surface area contributed by atoms with Gasteiger partial charge in [-0.2, -0.15) is 0 Å². The van der Waals surface area contributed by atoms with Crippen LogP contribution < -0.4 is 9.47 Å². The molecule has 0 radical (unpaired) electrons. The lowest BCUT2D eigenvalue weighted by atomic mass is 10.0. The molecule has 0 aromatic heterocycles. The first-order chi connectivity index (χ1) is 12.5. The van der Waals surface area contributed by atoms with Crippen LogP contribution in [0.3, 0.4) is 0 Å². The molecule has 0 amide bonds. The summed E-state index contributed by atoms with van der Waals surface area (Å²) in [7, 11) is 8.01. The van der Waals surface area contributed by atoms with Gasteiger partial charge in [-0.3, -0.25) is 4.79 Å². The Morgan fingerprint density at radius 2 is 1.23 bits per heavy atom. The highest BCUT2D eigenvalue weighted by Crippen LogP contribution is 2.45. The van der Waals surface area contributed by atoms with Gasteiger partial charge < -0.3 is 19.3 Å². The Labute approximate surface area is 155 Å². The van der Waals surface area contributed by atoms with Gasteiger partial charge in [-0.1, -0.05) is 24.3 Å². The highest BCUT2D eigenvalue weighted by Gasteiger charge is 2.32. The molecule has 26 heavy (non-hydrogen) atoms. The van der Waals surface area contributed by atoms with Crippen molar-refractivity contribution in [3.63, 3.8) is 0 Å². The Morgan fingerprint density at radius 3 is 1.77 bits per heavy atom. The third-order valence-corrected chi connectivity index (χ3v) is 4.39. The topological polar surface area (TPSA) is 42.0 Å². The zero-order valence-electron chi connectivity index (χ0n) is 15.9. The smallest absolute Gasteiger partial charge is 0.198 e. The maximum Gasteiger partial charge on any atom is 0.198 e. The minimum Gasteiger partial charge on any atom is -0.492 e. The first kappa shape index (κ1) is 18.4. The van der Waals surface area contributed by atoms with Gasteiger partial charge in [0, 0.05) is 29.8 Å². The van der Waals surface area contributed by atoms with E-state index in [1.54, 1.807) is 0 Å². The number of benzene rings is 2. The predicted octanol–water partition coefficient (Wildman–Crippen LogP) is 2.78. The number of ketones is 1. The quantitative estimate of drug-likeness (QED) is 0.622. The normalized spacial score (nSPS) is 12.5. The highest BCUT2D eigenvalue weighted by atomic mass is 16.5. The van der Waals surface area contributed by atoms with Crippen LogP contribution in [-0.4, -0.2) is 70.1 Å². The Kier molecular flexibility index (Phi) is 5.59. The summed E-state index contributed by atoms with van der Waals surface area (Å²) < 4.78 is 11.9. The maximum atomic E-state index is 13.0. The molecule has 0 spiro atoms. The van der Waals surface area contributed by atoms with Gasteiger partial charge in [0.2, 0.25) is 0 Å². The molecule has 0 N–H and O–H groups in total. The standard InChI is InChI=1S/C21H26N2O3/c1-22(2)11-13-25-17-9-6-8-16-19(17)15-7-5-10-18(20(15)21(16)24)26-14-12-23(3)4/h5-10H,11-14H2,1-4H3. The van der Waals surface area contributed by atoms with Crippen LogP contribution in [0.1, 0.15) is 15.9 Å². The second-order valence-electron chi connectivity index (χ2n) is 6.99. The number of hydrogen-bond donors (Lipinski definition) is 0. The summed E-state index contributed by atoms with van der Waals surface area (Å²) >= 11 is 0. The second kappa shape index (κ2) is 7.89. The minimum absolute atomic E-state index is 0.00788. The molecule has 138 valence electrons. The molecule has 0 aliphatic heterocycles. The monoisotopic (exact) mass is 354 g/mol. The minimum atomic E-state index is 0.00788. The van der Waals surface area contributed by atoms with Crippen molar-refractivity contribution in [3.05, 3.63) is 47.5 Å². The fourth-order valence-corrected chi connectivity index (χ4v) is 3.02. The number of rotatable bonds is 8. The van der Waals surface area contributed by atoms with E-state index < -0.39 is 0 Å². The van der Waals surface area contributed by atoms with Crippen molar-refractivity contribution in [2.45, 2.75) is 0 Å². The average Bonchev–Trinajstić information content (AvgIpc) is 2.89. The Hall–Kier alpha value is -2.37. The van der Waals surface area contributed by atoms with E-state index in [1.165, 1.54) is 0 Å². The van der Waals surface area contributed by atoms with E-state index in [2.05, 4.69) is 9.80 Å². The van der Waals surface area contributed by atoms with Crippen molar-refractivity contribution < 1.29 is 14.3 Å². The number of carbonyl (C=O) groups excluding carboxylic acids is 1. The summed E-state index contributed by atoms with van der Waals surface area (Å²) in [6.07, 6.45) is 0. The summed E-state index contributed by atoms with van der Waals surface area (Å²) in [5.41, 5.74) is 3.10. The number of ether oxygens (including phenoxy) is 2. The lowest BCUT2D eigenvalue weighted by Gasteiger charge is -2.14. The van der Waals surface area contributed by atoms with E-state index in [-0.39, 0.29) is 5.78 Å². The van der Waals surface area contributed by atoms with Gasteiger partial charge in [-0.05, 0) is 40.3 Å². The molecule has 0 unspecified atom stereocenters. The number of fused-ring (bicyclic) bond motifs is 3. The van der Waals surface area contributed by atoms with Crippen LogP contribution >= 0.6 is 0 Å². The number of carbonyl (C=O) groups is 1. The molecule has 2 aromatic carbocycles. The van der Waals surface area contributed by atoms with Gasteiger partial charge in [0.1, 0.15) is 24.7 Å². The zero-order valence-corrected chi connectivity index (χ0v) is 15.9. The third-order valence-electron chi connectivity index (χ3n) is 4.39. The summed E-state index contributed by atoms with van der Waals surface area (Å²) in [5.74, 6) is 1.40. The van der Waals surface area contributed by atoms with Gasteiger partial charge in [0.25, 0.3) is 0 Å². The Balaban J connectivity index is 1.91. The first-order valence-electron chi connectivity index (χ1n) is 8.85. The van der Waals surface area contributed by atoms with Crippen LogP contribution in [0.2, 0.25) is 0 Å². The van der Waals surface area contributed by atoms with Crippen molar-refractivity contribution in [2.75, 3.05) is 54.5 Å². The van der Waals surface area contributed by atoms with Gasteiger partial charge in [-0.25, -0.2) is 0 Å². The number of nitrogens with zero attached hydrogens (tertiary/aromatic N) is 2. The van der Waals surface area contributed by atoms with Crippen LogP contribution in [0.5, 0.6) is 11.5 Å². The average molecular weight is 354 g/mol. The van der Waals surface area contributed by atoms with Gasteiger partial charge in [-0.15, -0.1) is 0 Å². The SMILES string of the molecule is CN(C)CCOc1cccc2c1C(=O)c1cccc(OCCN(C)C)c1-2. The summed E-state index contributed by atoms with van der Waals surface area (Å²) in [5, 5.41) is 0. The molecule has 5 heteroatoms. The lowest BCUT2D eigenvalue weighted by Crippen LogP contribution is -2.20. The third kappa shape index (κ3) is 3.74. The molecule has 0 saturated carbocycles. The van der Waals surface area contributed by atoms with E-state index in [0.717, 1.165) is 30.0 Å². The molecule has 0 bridgehead atoms. The lowest BCUT2D eigenvalue weighted by molar-refractivity contribution is 0.103. The first-order valence-corrected chi connectivity index (χ1v) is 8.85. The number of likely N-dealkylation sites (N-methyl/N-ethyl adjacent to an activating group) is 2. The van der Waals surface area contributed by atoms with Crippen molar-refractivity contribution in [2.24, 2.45) is 0 Å². The van der Waals surface area contributed by atoms with Gasteiger partial charge in [0.05, 0.1) is 5.56 Å². The van der Waals surface area contributed by atoms with Crippen LogP contribution in [-0.2, 0) is 0 Å². The fraction of sp³-hybridized carbons (Fsp3) is 0.381. The Bertz CT molecular complexity index is 800. The molecular weight excluding hydrogens is 328 g/mol. The molecule has 3 rings (SSSR count). The highest BCUT2D eigenvalue weighted by molar-refractivity contribution is 6.24. The van der Waals surface area contributed by atoms with Crippen molar-refractivity contribution >= 4 is 5.78 Å². The summed E-state index contributed by atoms with van der Waals surface area (Å²) in [4.78, 5) is 17.1. The molecule has 0 fully saturated rings. The molecule has 1 aliphatic rings. The van der Waals surface area contributed by atoms with Crippen LogP contribution in [0.15, 0.2) is 36.4 Å². The van der Waals surface area contributed by atoms with E-state index in [0.29, 0.717) is 30.1 Å². The van der Waals surface area contributed by atoms with Crippen molar-refractivity contribution in [3.8, 4) is 22.6 Å². The van der Waals surface area contributed by atoms with Crippen molar-refractivity contribution in [1.29, 1.82) is 0 Å².